The third-order valence-electron chi connectivity index (χ3n) is 3.03. The monoisotopic (exact) mass is 240 g/mol. The second-order valence-corrected chi connectivity index (χ2v) is 4.96. The summed E-state index contributed by atoms with van der Waals surface area (Å²) in [5.74, 6) is 2.10. The van der Waals surface area contributed by atoms with Crippen molar-refractivity contribution >= 4 is 11.6 Å². The molecule has 88 valence electrons. The van der Waals surface area contributed by atoms with Gasteiger partial charge in [-0.2, -0.15) is 4.98 Å². The highest BCUT2D eigenvalue weighted by Gasteiger charge is 2.20. The van der Waals surface area contributed by atoms with Crippen LogP contribution in [0.4, 0.5) is 0 Å². The van der Waals surface area contributed by atoms with Gasteiger partial charge in [0.2, 0.25) is 5.88 Å². The van der Waals surface area contributed by atoms with Crippen molar-refractivity contribution in [3.8, 4) is 5.88 Å². The van der Waals surface area contributed by atoms with E-state index in [0.29, 0.717) is 23.0 Å². The Morgan fingerprint density at radius 2 is 1.94 bits per heavy atom. The van der Waals surface area contributed by atoms with E-state index in [1.807, 2.05) is 6.92 Å². The molecule has 1 fully saturated rings. The second kappa shape index (κ2) is 5.00. The minimum absolute atomic E-state index is 0.293. The van der Waals surface area contributed by atoms with Gasteiger partial charge < -0.3 is 4.74 Å². The molecule has 3 nitrogen and oxygen atoms in total. The fourth-order valence-electron chi connectivity index (χ4n) is 2.08. The highest BCUT2D eigenvalue weighted by molar-refractivity contribution is 6.29. The minimum atomic E-state index is 0.293. The molecule has 1 aliphatic rings. The fraction of sp³-hybridized carbons (Fsp3) is 0.667. The van der Waals surface area contributed by atoms with Crippen LogP contribution < -0.4 is 4.74 Å². The van der Waals surface area contributed by atoms with E-state index in [0.717, 1.165) is 18.8 Å². The summed E-state index contributed by atoms with van der Waals surface area (Å²) in [6.45, 7) is 4.11. The number of halogens is 1. The van der Waals surface area contributed by atoms with Crippen LogP contribution in [0.3, 0.4) is 0 Å². The topological polar surface area (TPSA) is 35.0 Å². The Hall–Kier alpha value is -0.830. The van der Waals surface area contributed by atoms with Crippen LogP contribution in [-0.4, -0.2) is 16.1 Å². The van der Waals surface area contributed by atoms with Crippen molar-refractivity contribution in [2.24, 2.45) is 5.92 Å². The van der Waals surface area contributed by atoms with Crippen LogP contribution in [-0.2, 0) is 0 Å². The van der Waals surface area contributed by atoms with Crippen molar-refractivity contribution in [1.82, 2.24) is 9.97 Å². The summed E-state index contributed by atoms with van der Waals surface area (Å²) in [7, 11) is 0. The predicted octanol–water partition coefficient (Wildman–Crippen LogP) is 3.40. The van der Waals surface area contributed by atoms with E-state index in [1.54, 1.807) is 6.07 Å². The van der Waals surface area contributed by atoms with Gasteiger partial charge in [0.25, 0.3) is 0 Å². The molecule has 1 aromatic rings. The number of rotatable bonds is 2. The van der Waals surface area contributed by atoms with Gasteiger partial charge in [-0.3, -0.25) is 0 Å². The van der Waals surface area contributed by atoms with E-state index in [2.05, 4.69) is 16.9 Å². The van der Waals surface area contributed by atoms with E-state index >= 15 is 0 Å². The SMILES string of the molecule is Cc1nc(Cl)cc(OC2CCC(C)CC2)n1. The molecular weight excluding hydrogens is 224 g/mol. The smallest absolute Gasteiger partial charge is 0.218 e. The molecule has 0 saturated heterocycles. The van der Waals surface area contributed by atoms with Crippen LogP contribution >= 0.6 is 11.6 Å². The number of ether oxygens (including phenoxy) is 1. The molecule has 0 amide bonds. The summed E-state index contributed by atoms with van der Waals surface area (Å²) < 4.78 is 5.83. The van der Waals surface area contributed by atoms with Gasteiger partial charge >= 0.3 is 0 Å². The largest absolute Gasteiger partial charge is 0.474 e. The molecular formula is C12H17ClN2O. The lowest BCUT2D eigenvalue weighted by Gasteiger charge is -2.26. The molecule has 0 aliphatic heterocycles. The average molecular weight is 241 g/mol. The molecule has 0 aromatic carbocycles. The maximum absolute atomic E-state index is 5.86. The first-order valence-corrected chi connectivity index (χ1v) is 6.19. The highest BCUT2D eigenvalue weighted by Crippen LogP contribution is 2.27. The van der Waals surface area contributed by atoms with Gasteiger partial charge in [0.15, 0.2) is 0 Å². The van der Waals surface area contributed by atoms with Crippen LogP contribution in [0.25, 0.3) is 0 Å². The predicted molar refractivity (Wildman–Crippen MR) is 63.8 cm³/mol. The number of nitrogens with zero attached hydrogens (tertiary/aromatic N) is 2. The normalized spacial score (nSPS) is 25.4. The van der Waals surface area contributed by atoms with Crippen molar-refractivity contribution in [3.05, 3.63) is 17.0 Å². The molecule has 0 atom stereocenters. The molecule has 0 unspecified atom stereocenters. The molecule has 16 heavy (non-hydrogen) atoms. The Morgan fingerprint density at radius 1 is 1.25 bits per heavy atom. The maximum atomic E-state index is 5.86. The molecule has 0 N–H and O–H groups in total. The van der Waals surface area contributed by atoms with Crippen LogP contribution in [0, 0.1) is 12.8 Å². The minimum Gasteiger partial charge on any atom is -0.474 e. The summed E-state index contributed by atoms with van der Waals surface area (Å²) in [6.07, 6.45) is 5.00. The first-order valence-electron chi connectivity index (χ1n) is 5.81. The Morgan fingerprint density at radius 3 is 2.56 bits per heavy atom. The lowest BCUT2D eigenvalue weighted by Crippen LogP contribution is -2.23. The van der Waals surface area contributed by atoms with E-state index in [4.69, 9.17) is 16.3 Å². The summed E-state index contributed by atoms with van der Waals surface area (Å²) >= 11 is 5.86. The number of hydrogen-bond acceptors (Lipinski definition) is 3. The van der Waals surface area contributed by atoms with Crippen molar-refractivity contribution in [3.63, 3.8) is 0 Å². The van der Waals surface area contributed by atoms with Gasteiger partial charge in [0.1, 0.15) is 17.1 Å². The zero-order valence-electron chi connectivity index (χ0n) is 9.74. The summed E-state index contributed by atoms with van der Waals surface area (Å²) in [5, 5.41) is 0.451. The zero-order valence-corrected chi connectivity index (χ0v) is 10.5. The van der Waals surface area contributed by atoms with Gasteiger partial charge in [-0.25, -0.2) is 4.98 Å². The molecule has 0 bridgehead atoms. The van der Waals surface area contributed by atoms with Gasteiger partial charge in [-0.15, -0.1) is 0 Å². The van der Waals surface area contributed by atoms with Crippen molar-refractivity contribution in [1.29, 1.82) is 0 Å². The molecule has 4 heteroatoms. The standard InChI is InChI=1S/C12H17ClN2O/c1-8-3-5-10(6-4-8)16-12-7-11(13)14-9(2)15-12/h7-8,10H,3-6H2,1-2H3. The van der Waals surface area contributed by atoms with Crippen LogP contribution in [0.5, 0.6) is 5.88 Å². The van der Waals surface area contributed by atoms with Gasteiger partial charge in [0, 0.05) is 6.07 Å². The first-order chi connectivity index (χ1) is 7.63. The van der Waals surface area contributed by atoms with Gasteiger partial charge in [-0.1, -0.05) is 18.5 Å². The number of aromatic nitrogens is 2. The molecule has 0 spiro atoms. The third kappa shape index (κ3) is 3.08. The summed E-state index contributed by atoms with van der Waals surface area (Å²) in [6, 6.07) is 1.69. The molecule has 0 radical (unpaired) electrons. The van der Waals surface area contributed by atoms with Crippen LogP contribution in [0.1, 0.15) is 38.4 Å². The fourth-order valence-corrected chi connectivity index (χ4v) is 2.30. The van der Waals surface area contributed by atoms with Crippen molar-refractivity contribution in [2.75, 3.05) is 0 Å². The maximum Gasteiger partial charge on any atom is 0.218 e. The van der Waals surface area contributed by atoms with Crippen molar-refractivity contribution < 1.29 is 4.74 Å². The molecule has 1 saturated carbocycles. The van der Waals surface area contributed by atoms with E-state index in [9.17, 15) is 0 Å². The van der Waals surface area contributed by atoms with E-state index in [-0.39, 0.29) is 0 Å². The quantitative estimate of drug-likeness (QED) is 0.744. The van der Waals surface area contributed by atoms with Crippen LogP contribution in [0.15, 0.2) is 6.07 Å². The Balaban J connectivity index is 1.98. The van der Waals surface area contributed by atoms with Crippen LogP contribution in [0.2, 0.25) is 5.15 Å². The zero-order chi connectivity index (χ0) is 11.5. The molecule has 2 rings (SSSR count). The van der Waals surface area contributed by atoms with Gasteiger partial charge in [-0.05, 0) is 38.5 Å². The third-order valence-corrected chi connectivity index (χ3v) is 3.23. The second-order valence-electron chi connectivity index (χ2n) is 4.58. The Bertz CT molecular complexity index is 342. The van der Waals surface area contributed by atoms with Gasteiger partial charge in [0.05, 0.1) is 0 Å². The van der Waals surface area contributed by atoms with E-state index < -0.39 is 0 Å². The lowest BCUT2D eigenvalue weighted by atomic mass is 9.89. The molecule has 1 aliphatic carbocycles. The number of hydrogen-bond donors (Lipinski definition) is 0. The number of aryl methyl sites for hydroxylation is 1. The van der Waals surface area contributed by atoms with E-state index in [1.165, 1.54) is 12.8 Å². The Labute approximate surface area is 101 Å². The highest BCUT2D eigenvalue weighted by atomic mass is 35.5. The molecule has 1 heterocycles. The average Bonchev–Trinajstić information content (AvgIpc) is 2.20. The lowest BCUT2D eigenvalue weighted by molar-refractivity contribution is 0.129. The summed E-state index contributed by atoms with van der Waals surface area (Å²) in [5.41, 5.74) is 0. The molecule has 1 aromatic heterocycles. The Kier molecular flexibility index (Phi) is 3.64. The first kappa shape index (κ1) is 11.6. The summed E-state index contributed by atoms with van der Waals surface area (Å²) in [4.78, 5) is 8.24. The van der Waals surface area contributed by atoms with Crippen molar-refractivity contribution in [2.45, 2.75) is 45.6 Å².